The SMILES string of the molecule is CCCC(=O)N1CCC(N2C(=O)CNC2=O)CC1. The van der Waals surface area contributed by atoms with Crippen LogP contribution in [0.3, 0.4) is 0 Å². The molecule has 0 aromatic carbocycles. The molecule has 0 aromatic rings. The van der Waals surface area contributed by atoms with Crippen LogP contribution < -0.4 is 5.32 Å². The summed E-state index contributed by atoms with van der Waals surface area (Å²) in [7, 11) is 0. The summed E-state index contributed by atoms with van der Waals surface area (Å²) in [5, 5.41) is 2.53. The molecule has 0 unspecified atom stereocenters. The van der Waals surface area contributed by atoms with Crippen molar-refractivity contribution < 1.29 is 14.4 Å². The summed E-state index contributed by atoms with van der Waals surface area (Å²) in [4.78, 5) is 38.0. The molecule has 2 aliphatic rings. The quantitative estimate of drug-likeness (QED) is 0.737. The molecule has 2 rings (SSSR count). The van der Waals surface area contributed by atoms with Crippen LogP contribution in [0.15, 0.2) is 0 Å². The Balaban J connectivity index is 1.88. The number of piperidine rings is 1. The monoisotopic (exact) mass is 253 g/mol. The van der Waals surface area contributed by atoms with Gasteiger partial charge in [0.1, 0.15) is 0 Å². The first-order valence-corrected chi connectivity index (χ1v) is 6.51. The highest BCUT2D eigenvalue weighted by Crippen LogP contribution is 2.19. The summed E-state index contributed by atoms with van der Waals surface area (Å²) in [6.45, 7) is 3.37. The van der Waals surface area contributed by atoms with Crippen molar-refractivity contribution in [3.63, 3.8) is 0 Å². The van der Waals surface area contributed by atoms with Gasteiger partial charge >= 0.3 is 6.03 Å². The van der Waals surface area contributed by atoms with Crippen molar-refractivity contribution in [1.82, 2.24) is 15.1 Å². The lowest BCUT2D eigenvalue weighted by Gasteiger charge is -2.35. The van der Waals surface area contributed by atoms with E-state index in [1.165, 1.54) is 4.90 Å². The summed E-state index contributed by atoms with van der Waals surface area (Å²) in [6.07, 6.45) is 2.81. The number of urea groups is 1. The molecule has 0 saturated carbocycles. The summed E-state index contributed by atoms with van der Waals surface area (Å²) in [6, 6.07) is -0.344. The Bertz CT molecular complexity index is 346. The lowest BCUT2D eigenvalue weighted by Crippen LogP contribution is -2.49. The molecule has 0 aliphatic carbocycles. The molecule has 2 heterocycles. The minimum Gasteiger partial charge on any atom is -0.343 e. The molecule has 6 nitrogen and oxygen atoms in total. The highest BCUT2D eigenvalue weighted by atomic mass is 16.2. The normalized spacial score (nSPS) is 21.4. The first-order valence-electron chi connectivity index (χ1n) is 6.51. The van der Waals surface area contributed by atoms with Crippen molar-refractivity contribution in [3.8, 4) is 0 Å². The van der Waals surface area contributed by atoms with E-state index in [0.29, 0.717) is 32.4 Å². The molecule has 2 fully saturated rings. The molecule has 0 atom stereocenters. The molecule has 2 saturated heterocycles. The van der Waals surface area contributed by atoms with Crippen molar-refractivity contribution in [1.29, 1.82) is 0 Å². The van der Waals surface area contributed by atoms with Gasteiger partial charge in [0.25, 0.3) is 0 Å². The Morgan fingerprint density at radius 1 is 1.33 bits per heavy atom. The van der Waals surface area contributed by atoms with Gasteiger partial charge in [-0.3, -0.25) is 14.5 Å². The van der Waals surface area contributed by atoms with Gasteiger partial charge in [-0.15, -0.1) is 0 Å². The second kappa shape index (κ2) is 5.37. The van der Waals surface area contributed by atoms with Crippen LogP contribution in [0, 0.1) is 0 Å². The fourth-order valence-electron chi connectivity index (χ4n) is 2.55. The van der Waals surface area contributed by atoms with Crippen molar-refractivity contribution in [3.05, 3.63) is 0 Å². The van der Waals surface area contributed by atoms with E-state index in [2.05, 4.69) is 5.32 Å². The van der Waals surface area contributed by atoms with Gasteiger partial charge < -0.3 is 10.2 Å². The molecular weight excluding hydrogens is 234 g/mol. The van der Waals surface area contributed by atoms with E-state index >= 15 is 0 Å². The number of amides is 4. The average Bonchev–Trinajstić information content (AvgIpc) is 2.70. The average molecular weight is 253 g/mol. The van der Waals surface area contributed by atoms with Crippen molar-refractivity contribution in [2.45, 2.75) is 38.6 Å². The molecule has 6 heteroatoms. The van der Waals surface area contributed by atoms with Gasteiger partial charge in [0.05, 0.1) is 6.54 Å². The molecule has 0 aromatic heterocycles. The van der Waals surface area contributed by atoms with Crippen LogP contribution in [0.5, 0.6) is 0 Å². The van der Waals surface area contributed by atoms with E-state index in [4.69, 9.17) is 0 Å². The molecule has 2 aliphatic heterocycles. The third-order valence-corrected chi connectivity index (χ3v) is 3.52. The van der Waals surface area contributed by atoms with E-state index in [1.54, 1.807) is 0 Å². The number of carbonyl (C=O) groups is 3. The maximum atomic E-state index is 11.7. The van der Waals surface area contributed by atoms with Crippen molar-refractivity contribution >= 4 is 17.8 Å². The van der Waals surface area contributed by atoms with Gasteiger partial charge in [0.15, 0.2) is 0 Å². The number of hydrogen-bond acceptors (Lipinski definition) is 3. The highest BCUT2D eigenvalue weighted by Gasteiger charge is 2.36. The van der Waals surface area contributed by atoms with Crippen LogP contribution in [-0.4, -0.2) is 53.3 Å². The summed E-state index contributed by atoms with van der Waals surface area (Å²) in [5.74, 6) is 0.0199. The van der Waals surface area contributed by atoms with Crippen LogP contribution >= 0.6 is 0 Å². The van der Waals surface area contributed by atoms with Crippen LogP contribution in [-0.2, 0) is 9.59 Å². The fourth-order valence-corrected chi connectivity index (χ4v) is 2.55. The number of rotatable bonds is 3. The molecule has 1 N–H and O–H groups in total. The number of nitrogens with one attached hydrogen (secondary N) is 1. The van der Waals surface area contributed by atoms with E-state index in [-0.39, 0.29) is 30.4 Å². The third kappa shape index (κ3) is 2.47. The molecule has 4 amide bonds. The molecule has 0 spiro atoms. The fraction of sp³-hybridized carbons (Fsp3) is 0.750. The van der Waals surface area contributed by atoms with Gasteiger partial charge in [-0.25, -0.2) is 4.79 Å². The van der Waals surface area contributed by atoms with Crippen LogP contribution in [0.4, 0.5) is 4.79 Å². The maximum Gasteiger partial charge on any atom is 0.324 e. The number of hydrogen-bond donors (Lipinski definition) is 1. The Labute approximate surface area is 106 Å². The second-order valence-electron chi connectivity index (χ2n) is 4.78. The van der Waals surface area contributed by atoms with Crippen molar-refractivity contribution in [2.24, 2.45) is 0 Å². The zero-order valence-corrected chi connectivity index (χ0v) is 10.6. The molecular formula is C12H19N3O3. The number of likely N-dealkylation sites (tertiary alicyclic amines) is 1. The zero-order chi connectivity index (χ0) is 13.1. The van der Waals surface area contributed by atoms with Gasteiger partial charge in [0, 0.05) is 25.6 Å². The molecule has 18 heavy (non-hydrogen) atoms. The summed E-state index contributed by atoms with van der Waals surface area (Å²) >= 11 is 0. The smallest absolute Gasteiger partial charge is 0.324 e. The minimum absolute atomic E-state index is 0.0503. The van der Waals surface area contributed by atoms with E-state index < -0.39 is 0 Å². The lowest BCUT2D eigenvalue weighted by atomic mass is 10.0. The largest absolute Gasteiger partial charge is 0.343 e. The van der Waals surface area contributed by atoms with Gasteiger partial charge in [-0.1, -0.05) is 6.92 Å². The lowest BCUT2D eigenvalue weighted by molar-refractivity contribution is -0.133. The highest BCUT2D eigenvalue weighted by molar-refractivity contribution is 6.02. The molecule has 0 radical (unpaired) electrons. The Morgan fingerprint density at radius 3 is 2.50 bits per heavy atom. The second-order valence-corrected chi connectivity index (χ2v) is 4.78. The summed E-state index contributed by atoms with van der Waals surface area (Å²) in [5.41, 5.74) is 0. The number of imide groups is 1. The number of carbonyl (C=O) groups excluding carboxylic acids is 3. The zero-order valence-electron chi connectivity index (χ0n) is 10.6. The first-order chi connectivity index (χ1) is 8.63. The standard InChI is InChI=1S/C12H19N3O3/c1-2-3-10(16)14-6-4-9(5-7-14)15-11(17)8-13-12(15)18/h9H,2-8H2,1H3,(H,13,18). The Hall–Kier alpha value is -1.59. The predicted octanol–water partition coefficient (Wildman–Crippen LogP) is 0.329. The topological polar surface area (TPSA) is 69.7 Å². The van der Waals surface area contributed by atoms with Crippen LogP contribution in [0.1, 0.15) is 32.6 Å². The Kier molecular flexibility index (Phi) is 3.84. The van der Waals surface area contributed by atoms with E-state index in [0.717, 1.165) is 6.42 Å². The minimum atomic E-state index is -0.293. The summed E-state index contributed by atoms with van der Waals surface area (Å²) < 4.78 is 0. The number of nitrogens with zero attached hydrogens (tertiary/aromatic N) is 2. The predicted molar refractivity (Wildman–Crippen MR) is 64.8 cm³/mol. The third-order valence-electron chi connectivity index (χ3n) is 3.52. The maximum absolute atomic E-state index is 11.7. The van der Waals surface area contributed by atoms with Crippen LogP contribution in [0.25, 0.3) is 0 Å². The van der Waals surface area contributed by atoms with Gasteiger partial charge in [0.2, 0.25) is 11.8 Å². The van der Waals surface area contributed by atoms with E-state index in [9.17, 15) is 14.4 Å². The Morgan fingerprint density at radius 2 is 2.00 bits per heavy atom. The van der Waals surface area contributed by atoms with Gasteiger partial charge in [-0.05, 0) is 19.3 Å². The first kappa shape index (κ1) is 12.9. The molecule has 100 valence electrons. The van der Waals surface area contributed by atoms with Gasteiger partial charge in [-0.2, -0.15) is 0 Å². The van der Waals surface area contributed by atoms with Crippen LogP contribution in [0.2, 0.25) is 0 Å². The van der Waals surface area contributed by atoms with Crippen molar-refractivity contribution in [2.75, 3.05) is 19.6 Å². The molecule has 0 bridgehead atoms. The van der Waals surface area contributed by atoms with E-state index in [1.807, 2.05) is 11.8 Å².